The number of morpholine rings is 1. The maximum absolute atomic E-state index is 9.08. The average molecular weight is 245 g/mol. The molecule has 0 bridgehead atoms. The molecule has 0 aromatic heterocycles. The lowest BCUT2D eigenvalue weighted by atomic mass is 10.1. The zero-order valence-corrected chi connectivity index (χ0v) is 10.7. The first-order valence-corrected chi connectivity index (χ1v) is 6.32. The van der Waals surface area contributed by atoms with Gasteiger partial charge in [0.15, 0.2) is 0 Å². The van der Waals surface area contributed by atoms with Gasteiger partial charge < -0.3 is 15.0 Å². The third-order valence-electron chi connectivity index (χ3n) is 3.25. The van der Waals surface area contributed by atoms with Gasteiger partial charge >= 0.3 is 0 Å². The summed E-state index contributed by atoms with van der Waals surface area (Å²) in [7, 11) is 2.03. The highest BCUT2D eigenvalue weighted by molar-refractivity contribution is 5.58. The molecular weight excluding hydrogens is 226 g/mol. The van der Waals surface area contributed by atoms with Gasteiger partial charge in [0.25, 0.3) is 0 Å². The van der Waals surface area contributed by atoms with Crippen molar-refractivity contribution in [3.63, 3.8) is 0 Å². The molecule has 1 N–H and O–H groups in total. The largest absolute Gasteiger partial charge is 0.379 e. The van der Waals surface area contributed by atoms with Gasteiger partial charge in [0.2, 0.25) is 0 Å². The summed E-state index contributed by atoms with van der Waals surface area (Å²) in [5.74, 6) is 0. The molecule has 0 amide bonds. The van der Waals surface area contributed by atoms with E-state index in [1.54, 1.807) is 0 Å². The molecule has 1 aromatic rings. The maximum Gasteiger partial charge on any atom is 0.101 e. The van der Waals surface area contributed by atoms with Gasteiger partial charge in [-0.15, -0.1) is 0 Å². The summed E-state index contributed by atoms with van der Waals surface area (Å²) >= 11 is 0. The highest BCUT2D eigenvalue weighted by Gasteiger charge is 2.14. The molecule has 1 saturated heterocycles. The fourth-order valence-electron chi connectivity index (χ4n) is 2.18. The summed E-state index contributed by atoms with van der Waals surface area (Å²) in [5, 5.41) is 12.5. The number of para-hydroxylation sites is 1. The van der Waals surface area contributed by atoms with E-state index < -0.39 is 0 Å². The lowest BCUT2D eigenvalue weighted by Gasteiger charge is -2.27. The quantitative estimate of drug-likeness (QED) is 0.870. The number of hydrogen-bond acceptors (Lipinski definition) is 4. The molecule has 2 rings (SSSR count). The number of anilines is 1. The third-order valence-corrected chi connectivity index (χ3v) is 3.25. The molecule has 1 heterocycles. The highest BCUT2D eigenvalue weighted by atomic mass is 16.5. The predicted molar refractivity (Wildman–Crippen MR) is 71.7 cm³/mol. The Morgan fingerprint density at radius 1 is 1.50 bits per heavy atom. The SMILES string of the molecule is CN(CCC1COCCN1)c1ccccc1C#N. The normalized spacial score (nSPS) is 19.2. The highest BCUT2D eigenvalue weighted by Crippen LogP contribution is 2.18. The standard InChI is InChI=1S/C14H19N3O/c1-17(8-6-13-11-18-9-7-16-13)14-5-3-2-4-12(14)10-15/h2-5,13,16H,6-9,11H2,1H3. The number of ether oxygens (including phenoxy) is 1. The Morgan fingerprint density at radius 2 is 2.33 bits per heavy atom. The summed E-state index contributed by atoms with van der Waals surface area (Å²) < 4.78 is 5.43. The van der Waals surface area contributed by atoms with Crippen LogP contribution in [0.5, 0.6) is 0 Å². The van der Waals surface area contributed by atoms with E-state index in [1.807, 2.05) is 31.3 Å². The van der Waals surface area contributed by atoms with Crippen LogP contribution in [0.3, 0.4) is 0 Å². The number of nitriles is 1. The van der Waals surface area contributed by atoms with E-state index in [0.717, 1.165) is 44.0 Å². The van der Waals surface area contributed by atoms with E-state index in [4.69, 9.17) is 10.00 Å². The Bertz CT molecular complexity index is 421. The average Bonchev–Trinajstić information content (AvgIpc) is 2.45. The molecule has 1 unspecified atom stereocenters. The van der Waals surface area contributed by atoms with Crippen LogP contribution in [0.1, 0.15) is 12.0 Å². The van der Waals surface area contributed by atoms with E-state index >= 15 is 0 Å². The molecule has 1 atom stereocenters. The first-order chi connectivity index (χ1) is 8.81. The molecule has 4 nitrogen and oxygen atoms in total. The summed E-state index contributed by atoms with van der Waals surface area (Å²) in [6, 6.07) is 10.4. The van der Waals surface area contributed by atoms with Crippen LogP contribution in [0.2, 0.25) is 0 Å². The molecule has 0 radical (unpaired) electrons. The smallest absolute Gasteiger partial charge is 0.101 e. The van der Waals surface area contributed by atoms with Crippen molar-refractivity contribution in [3.05, 3.63) is 29.8 Å². The van der Waals surface area contributed by atoms with Crippen molar-refractivity contribution < 1.29 is 4.74 Å². The van der Waals surface area contributed by atoms with Gasteiger partial charge in [0.05, 0.1) is 24.5 Å². The summed E-state index contributed by atoms with van der Waals surface area (Å²) in [6.45, 7) is 3.44. The molecule has 96 valence electrons. The Hall–Kier alpha value is -1.57. The van der Waals surface area contributed by atoms with Crippen LogP contribution < -0.4 is 10.2 Å². The second kappa shape index (κ2) is 6.39. The molecule has 0 saturated carbocycles. The van der Waals surface area contributed by atoms with Crippen molar-refractivity contribution in [2.45, 2.75) is 12.5 Å². The van der Waals surface area contributed by atoms with Gasteiger partial charge in [0.1, 0.15) is 6.07 Å². The lowest BCUT2D eigenvalue weighted by Crippen LogP contribution is -2.43. The van der Waals surface area contributed by atoms with E-state index in [-0.39, 0.29) is 0 Å². The van der Waals surface area contributed by atoms with Crippen molar-refractivity contribution in [1.29, 1.82) is 5.26 Å². The zero-order valence-electron chi connectivity index (χ0n) is 10.7. The van der Waals surface area contributed by atoms with Gasteiger partial charge in [-0.25, -0.2) is 0 Å². The second-order valence-electron chi connectivity index (χ2n) is 4.57. The lowest BCUT2D eigenvalue weighted by molar-refractivity contribution is 0.0749. The molecule has 1 fully saturated rings. The van der Waals surface area contributed by atoms with Crippen molar-refractivity contribution in [1.82, 2.24) is 5.32 Å². The van der Waals surface area contributed by atoms with E-state index in [1.165, 1.54) is 0 Å². The first-order valence-electron chi connectivity index (χ1n) is 6.32. The van der Waals surface area contributed by atoms with Crippen LogP contribution in [0, 0.1) is 11.3 Å². The van der Waals surface area contributed by atoms with Crippen molar-refractivity contribution >= 4 is 5.69 Å². The second-order valence-corrected chi connectivity index (χ2v) is 4.57. The van der Waals surface area contributed by atoms with Gasteiger partial charge in [-0.1, -0.05) is 12.1 Å². The van der Waals surface area contributed by atoms with Gasteiger partial charge in [0, 0.05) is 26.2 Å². The van der Waals surface area contributed by atoms with Gasteiger partial charge in [-0.2, -0.15) is 5.26 Å². The molecule has 4 heteroatoms. The van der Waals surface area contributed by atoms with Gasteiger partial charge in [-0.05, 0) is 18.6 Å². The van der Waals surface area contributed by atoms with Crippen molar-refractivity contribution in [3.8, 4) is 6.07 Å². The topological polar surface area (TPSA) is 48.3 Å². The van der Waals surface area contributed by atoms with E-state index in [2.05, 4.69) is 16.3 Å². The minimum absolute atomic E-state index is 0.426. The Labute approximate surface area is 108 Å². The van der Waals surface area contributed by atoms with Crippen molar-refractivity contribution in [2.75, 3.05) is 38.3 Å². The van der Waals surface area contributed by atoms with Crippen LogP contribution in [0.25, 0.3) is 0 Å². The summed E-state index contributed by atoms with van der Waals surface area (Å²) in [4.78, 5) is 2.13. The zero-order chi connectivity index (χ0) is 12.8. The van der Waals surface area contributed by atoms with Gasteiger partial charge in [-0.3, -0.25) is 0 Å². The van der Waals surface area contributed by atoms with Crippen LogP contribution in [0.4, 0.5) is 5.69 Å². The molecule has 18 heavy (non-hydrogen) atoms. The number of benzene rings is 1. The van der Waals surface area contributed by atoms with Crippen LogP contribution in [-0.2, 0) is 4.74 Å². The van der Waals surface area contributed by atoms with Crippen LogP contribution in [-0.4, -0.2) is 39.4 Å². The van der Waals surface area contributed by atoms with Crippen LogP contribution in [0.15, 0.2) is 24.3 Å². The van der Waals surface area contributed by atoms with E-state index in [0.29, 0.717) is 6.04 Å². The molecule has 1 aliphatic rings. The molecule has 0 aliphatic carbocycles. The van der Waals surface area contributed by atoms with Crippen LogP contribution >= 0.6 is 0 Å². The number of rotatable bonds is 4. The minimum atomic E-state index is 0.426. The third kappa shape index (κ3) is 3.22. The monoisotopic (exact) mass is 245 g/mol. The number of hydrogen-bond donors (Lipinski definition) is 1. The number of nitrogens with zero attached hydrogens (tertiary/aromatic N) is 2. The molecular formula is C14H19N3O. The first kappa shape index (κ1) is 12.9. The summed E-state index contributed by atoms with van der Waals surface area (Å²) in [6.07, 6.45) is 1.02. The molecule has 1 aliphatic heterocycles. The Balaban J connectivity index is 1.91. The van der Waals surface area contributed by atoms with Crippen molar-refractivity contribution in [2.24, 2.45) is 0 Å². The predicted octanol–water partition coefficient (Wildman–Crippen LogP) is 1.37. The molecule has 1 aromatic carbocycles. The number of nitrogens with one attached hydrogen (secondary N) is 1. The Morgan fingerprint density at radius 3 is 3.06 bits per heavy atom. The summed E-state index contributed by atoms with van der Waals surface area (Å²) in [5.41, 5.74) is 1.73. The molecule has 0 spiro atoms. The Kier molecular flexibility index (Phi) is 4.57. The maximum atomic E-state index is 9.08. The van der Waals surface area contributed by atoms with E-state index in [9.17, 15) is 0 Å². The minimum Gasteiger partial charge on any atom is -0.379 e. The fraction of sp³-hybridized carbons (Fsp3) is 0.500. The fourth-order valence-corrected chi connectivity index (χ4v) is 2.18.